The van der Waals surface area contributed by atoms with E-state index in [0.29, 0.717) is 23.1 Å². The minimum Gasteiger partial charge on any atom is -0.460 e. The highest BCUT2D eigenvalue weighted by molar-refractivity contribution is 6.34. The Hall–Kier alpha value is -2.15. The van der Waals surface area contributed by atoms with Gasteiger partial charge in [0.1, 0.15) is 6.10 Å². The molecule has 2 aliphatic heterocycles. The smallest absolute Gasteiger partial charge is 0.312 e. The van der Waals surface area contributed by atoms with Gasteiger partial charge < -0.3 is 9.30 Å². The van der Waals surface area contributed by atoms with Gasteiger partial charge in [-0.15, -0.1) is 0 Å². The predicted molar refractivity (Wildman–Crippen MR) is 115 cm³/mol. The lowest BCUT2D eigenvalue weighted by Crippen LogP contribution is -2.42. The third-order valence-corrected chi connectivity index (χ3v) is 6.86. The average molecular weight is 445 g/mol. The molecule has 1 aromatic carbocycles. The number of aromatic nitrogens is 3. The lowest BCUT2D eigenvalue weighted by molar-refractivity contribution is -0.151. The second-order valence-electron chi connectivity index (χ2n) is 8.26. The Kier molecular flexibility index (Phi) is 5.17. The van der Waals surface area contributed by atoms with Gasteiger partial charge in [0.15, 0.2) is 0 Å². The zero-order valence-corrected chi connectivity index (χ0v) is 17.9. The molecule has 4 heterocycles. The summed E-state index contributed by atoms with van der Waals surface area (Å²) < 4.78 is 7.89. The molecule has 3 aromatic rings. The lowest BCUT2D eigenvalue weighted by Gasteiger charge is -2.36. The number of benzene rings is 1. The largest absolute Gasteiger partial charge is 0.460 e. The number of halogens is 2. The molecule has 0 aliphatic carbocycles. The number of likely N-dealkylation sites (tertiary alicyclic amines) is 1. The first kappa shape index (κ1) is 19.8. The molecule has 0 N–H and O–H groups in total. The van der Waals surface area contributed by atoms with Crippen molar-refractivity contribution >= 4 is 40.2 Å². The van der Waals surface area contributed by atoms with Crippen LogP contribution in [0.25, 0.3) is 11.0 Å². The summed E-state index contributed by atoms with van der Waals surface area (Å²) in [7, 11) is 0. The Balaban J connectivity index is 1.22. The van der Waals surface area contributed by atoms with Crippen molar-refractivity contribution in [1.82, 2.24) is 19.4 Å². The number of nitrogens with zero attached hydrogens (tertiary/aromatic N) is 4. The maximum atomic E-state index is 12.8. The van der Waals surface area contributed by atoms with E-state index in [0.717, 1.165) is 49.1 Å². The van der Waals surface area contributed by atoms with Crippen molar-refractivity contribution in [2.24, 2.45) is 5.41 Å². The van der Waals surface area contributed by atoms with Gasteiger partial charge in [-0.1, -0.05) is 35.3 Å². The molecule has 156 valence electrons. The van der Waals surface area contributed by atoms with Crippen LogP contribution in [0.15, 0.2) is 42.9 Å². The number of rotatable bonds is 4. The fourth-order valence-electron chi connectivity index (χ4n) is 4.63. The fourth-order valence-corrected chi connectivity index (χ4v) is 5.07. The molecule has 6 nitrogen and oxygen atoms in total. The van der Waals surface area contributed by atoms with Crippen LogP contribution in [0.1, 0.15) is 25.0 Å². The lowest BCUT2D eigenvalue weighted by atomic mass is 9.76. The molecule has 1 unspecified atom stereocenters. The molecule has 1 atom stereocenters. The SMILES string of the molecule is O=C1OC(Cn2cnc3ccccc32)CC12CCN(Cc1ncc(Cl)cc1Cl)CC2. The number of hydrogen-bond donors (Lipinski definition) is 0. The number of pyridine rings is 1. The topological polar surface area (TPSA) is 60.3 Å². The highest BCUT2D eigenvalue weighted by Crippen LogP contribution is 2.44. The van der Waals surface area contributed by atoms with Gasteiger partial charge in [-0.2, -0.15) is 0 Å². The maximum Gasteiger partial charge on any atom is 0.312 e. The van der Waals surface area contributed by atoms with E-state index in [-0.39, 0.29) is 17.5 Å². The summed E-state index contributed by atoms with van der Waals surface area (Å²) in [5, 5.41) is 1.11. The molecule has 0 bridgehead atoms. The molecule has 2 saturated heterocycles. The number of imidazole rings is 1. The molecule has 8 heteroatoms. The number of piperidine rings is 1. The van der Waals surface area contributed by atoms with Gasteiger partial charge in [0.25, 0.3) is 0 Å². The van der Waals surface area contributed by atoms with Crippen molar-refractivity contribution in [1.29, 1.82) is 0 Å². The van der Waals surface area contributed by atoms with Gasteiger partial charge in [-0.3, -0.25) is 14.7 Å². The zero-order valence-electron chi connectivity index (χ0n) is 16.4. The van der Waals surface area contributed by atoms with Gasteiger partial charge in [0.2, 0.25) is 0 Å². The molecule has 0 radical (unpaired) electrons. The van der Waals surface area contributed by atoms with Crippen LogP contribution in [0.4, 0.5) is 0 Å². The standard InChI is InChI=1S/C22H22Cl2N4O2/c23-15-9-17(24)19(25-11-15)13-27-7-5-22(6-8-27)10-16(30-21(22)29)12-28-14-26-18-3-1-2-4-20(18)28/h1-4,9,11,14,16H,5-8,10,12-13H2. The molecular weight excluding hydrogens is 423 g/mol. The van der Waals surface area contributed by atoms with Gasteiger partial charge in [-0.05, 0) is 44.1 Å². The van der Waals surface area contributed by atoms with E-state index in [9.17, 15) is 4.79 Å². The van der Waals surface area contributed by atoms with Crippen molar-refractivity contribution < 1.29 is 9.53 Å². The van der Waals surface area contributed by atoms with Gasteiger partial charge in [0, 0.05) is 19.2 Å². The first-order chi connectivity index (χ1) is 14.5. The molecular formula is C22H22Cl2N4O2. The van der Waals surface area contributed by atoms with Crippen molar-refractivity contribution in [3.8, 4) is 0 Å². The van der Waals surface area contributed by atoms with E-state index < -0.39 is 0 Å². The third kappa shape index (κ3) is 3.68. The molecule has 2 aromatic heterocycles. The number of ether oxygens (including phenoxy) is 1. The number of para-hydroxylation sites is 2. The minimum absolute atomic E-state index is 0.0563. The zero-order chi connectivity index (χ0) is 20.7. The number of carbonyl (C=O) groups is 1. The van der Waals surface area contributed by atoms with Gasteiger partial charge >= 0.3 is 5.97 Å². The number of hydrogen-bond acceptors (Lipinski definition) is 5. The normalized spacial score (nSPS) is 21.4. The van der Waals surface area contributed by atoms with Crippen LogP contribution in [-0.4, -0.2) is 44.6 Å². The number of esters is 1. The molecule has 0 amide bonds. The van der Waals surface area contributed by atoms with Crippen LogP contribution < -0.4 is 0 Å². The second kappa shape index (κ2) is 7.84. The van der Waals surface area contributed by atoms with Gasteiger partial charge in [0.05, 0.1) is 45.1 Å². The third-order valence-electron chi connectivity index (χ3n) is 6.32. The summed E-state index contributed by atoms with van der Waals surface area (Å²) >= 11 is 12.2. The fraction of sp³-hybridized carbons (Fsp3) is 0.409. The van der Waals surface area contributed by atoms with Crippen LogP contribution >= 0.6 is 23.2 Å². The Morgan fingerprint density at radius 1 is 1.17 bits per heavy atom. The average Bonchev–Trinajstić information content (AvgIpc) is 3.27. The van der Waals surface area contributed by atoms with Crippen molar-refractivity contribution in [2.45, 2.75) is 38.5 Å². The quantitative estimate of drug-likeness (QED) is 0.560. The summed E-state index contributed by atoms with van der Waals surface area (Å²) in [6, 6.07) is 9.73. The van der Waals surface area contributed by atoms with E-state index in [1.54, 1.807) is 12.3 Å². The summed E-state index contributed by atoms with van der Waals surface area (Å²) in [6.07, 6.45) is 5.67. The summed E-state index contributed by atoms with van der Waals surface area (Å²) in [5.74, 6) is -0.0563. The Morgan fingerprint density at radius 2 is 1.97 bits per heavy atom. The van der Waals surface area contributed by atoms with Crippen molar-refractivity contribution in [2.75, 3.05) is 13.1 Å². The van der Waals surface area contributed by atoms with E-state index >= 15 is 0 Å². The van der Waals surface area contributed by atoms with E-state index in [1.165, 1.54) is 0 Å². The summed E-state index contributed by atoms with van der Waals surface area (Å²) in [5.41, 5.74) is 2.46. The first-order valence-electron chi connectivity index (χ1n) is 10.2. The van der Waals surface area contributed by atoms with Crippen molar-refractivity contribution in [3.05, 3.63) is 58.6 Å². The molecule has 2 fully saturated rings. The van der Waals surface area contributed by atoms with Gasteiger partial charge in [-0.25, -0.2) is 4.98 Å². The van der Waals surface area contributed by atoms with Crippen LogP contribution in [0.2, 0.25) is 10.0 Å². The highest BCUT2D eigenvalue weighted by Gasteiger charge is 2.50. The molecule has 0 saturated carbocycles. The molecule has 30 heavy (non-hydrogen) atoms. The van der Waals surface area contributed by atoms with E-state index in [1.807, 2.05) is 30.6 Å². The monoisotopic (exact) mass is 444 g/mol. The van der Waals surface area contributed by atoms with Crippen LogP contribution in [0, 0.1) is 5.41 Å². The molecule has 1 spiro atoms. The van der Waals surface area contributed by atoms with Crippen LogP contribution in [-0.2, 0) is 22.6 Å². The summed E-state index contributed by atoms with van der Waals surface area (Å²) in [6.45, 7) is 2.93. The second-order valence-corrected chi connectivity index (χ2v) is 9.10. The highest BCUT2D eigenvalue weighted by atomic mass is 35.5. The number of carbonyl (C=O) groups excluding carboxylic acids is 1. The number of cyclic esters (lactones) is 1. The Labute approximate surface area is 184 Å². The van der Waals surface area contributed by atoms with Crippen molar-refractivity contribution in [3.63, 3.8) is 0 Å². The number of fused-ring (bicyclic) bond motifs is 1. The summed E-state index contributed by atoms with van der Waals surface area (Å²) in [4.78, 5) is 23.9. The predicted octanol–water partition coefficient (Wildman–Crippen LogP) is 4.34. The molecule has 5 rings (SSSR count). The maximum absolute atomic E-state index is 12.8. The minimum atomic E-state index is -0.380. The Morgan fingerprint density at radius 3 is 2.77 bits per heavy atom. The Bertz CT molecular complexity index is 1090. The van der Waals surface area contributed by atoms with E-state index in [2.05, 4.69) is 19.4 Å². The molecule has 2 aliphatic rings. The van der Waals surface area contributed by atoms with Crippen LogP contribution in [0.5, 0.6) is 0 Å². The first-order valence-corrected chi connectivity index (χ1v) is 10.9. The van der Waals surface area contributed by atoms with Crippen LogP contribution in [0.3, 0.4) is 0 Å². The van der Waals surface area contributed by atoms with E-state index in [4.69, 9.17) is 27.9 Å².